The highest BCUT2D eigenvalue weighted by Crippen LogP contribution is 2.28. The van der Waals surface area contributed by atoms with Gasteiger partial charge in [0.1, 0.15) is 5.75 Å². The molecule has 1 aromatic carbocycles. The first-order chi connectivity index (χ1) is 14.3. The van der Waals surface area contributed by atoms with Crippen LogP contribution in [0, 0.1) is 5.92 Å². The summed E-state index contributed by atoms with van der Waals surface area (Å²) in [5.74, 6) is 2.53. The van der Waals surface area contributed by atoms with E-state index in [2.05, 4.69) is 34.2 Å². The minimum Gasteiger partial charge on any atom is -0.495 e. The van der Waals surface area contributed by atoms with Crippen LogP contribution in [0.5, 0.6) is 5.75 Å². The molecule has 2 aliphatic heterocycles. The van der Waals surface area contributed by atoms with Crippen LogP contribution in [-0.2, 0) is 9.47 Å². The van der Waals surface area contributed by atoms with E-state index < -0.39 is 0 Å². The minimum absolute atomic E-state index is 0. The first kappa shape index (κ1) is 25.0. The number of nitrogens with one attached hydrogen (secondary N) is 1. The summed E-state index contributed by atoms with van der Waals surface area (Å²) in [6.45, 7) is 10.9. The van der Waals surface area contributed by atoms with Gasteiger partial charge in [-0.3, -0.25) is 4.99 Å². The lowest BCUT2D eigenvalue weighted by atomic mass is 10.1. The summed E-state index contributed by atoms with van der Waals surface area (Å²) in [6.07, 6.45) is 2.08. The SMILES string of the molecule is CCNC(=NCCCOCC1CCOC1)N1CCN(c2ccccc2OC)CC1.I. The average Bonchev–Trinajstić information content (AvgIpc) is 3.29. The Morgan fingerprint density at radius 3 is 2.73 bits per heavy atom. The van der Waals surface area contributed by atoms with E-state index in [1.807, 2.05) is 12.1 Å². The Bertz CT molecular complexity index is 633. The molecule has 2 fully saturated rings. The van der Waals surface area contributed by atoms with Gasteiger partial charge in [-0.05, 0) is 31.9 Å². The lowest BCUT2D eigenvalue weighted by Crippen LogP contribution is -2.52. The maximum absolute atomic E-state index is 5.79. The minimum atomic E-state index is 0. The molecule has 30 heavy (non-hydrogen) atoms. The predicted molar refractivity (Wildman–Crippen MR) is 133 cm³/mol. The summed E-state index contributed by atoms with van der Waals surface area (Å²) in [7, 11) is 1.73. The molecule has 1 unspecified atom stereocenters. The van der Waals surface area contributed by atoms with Crippen molar-refractivity contribution >= 4 is 35.6 Å². The van der Waals surface area contributed by atoms with Gasteiger partial charge in [0.15, 0.2) is 5.96 Å². The monoisotopic (exact) mass is 532 g/mol. The summed E-state index contributed by atoms with van der Waals surface area (Å²) in [5, 5.41) is 3.44. The molecule has 2 heterocycles. The third kappa shape index (κ3) is 7.46. The molecule has 3 rings (SSSR count). The molecule has 0 saturated carbocycles. The summed E-state index contributed by atoms with van der Waals surface area (Å²) >= 11 is 0. The second kappa shape index (κ2) is 13.9. The summed E-state index contributed by atoms with van der Waals surface area (Å²) in [4.78, 5) is 9.56. The Kier molecular flexibility index (Phi) is 11.6. The van der Waals surface area contributed by atoms with Crippen molar-refractivity contribution in [3.63, 3.8) is 0 Å². The predicted octanol–water partition coefficient (Wildman–Crippen LogP) is 2.84. The second-order valence-electron chi connectivity index (χ2n) is 7.54. The van der Waals surface area contributed by atoms with E-state index in [-0.39, 0.29) is 24.0 Å². The molecule has 170 valence electrons. The molecule has 0 bridgehead atoms. The highest BCUT2D eigenvalue weighted by molar-refractivity contribution is 14.0. The molecule has 2 saturated heterocycles. The van der Waals surface area contributed by atoms with Crippen LogP contribution in [0.2, 0.25) is 0 Å². The molecule has 8 heteroatoms. The Morgan fingerprint density at radius 2 is 2.03 bits per heavy atom. The number of ether oxygens (including phenoxy) is 3. The van der Waals surface area contributed by atoms with E-state index in [0.29, 0.717) is 5.92 Å². The molecule has 1 atom stereocenters. The number of hydrogen-bond acceptors (Lipinski definition) is 5. The zero-order valence-electron chi connectivity index (χ0n) is 18.3. The number of guanidine groups is 1. The molecule has 0 aromatic heterocycles. The van der Waals surface area contributed by atoms with Crippen molar-refractivity contribution in [1.82, 2.24) is 10.2 Å². The average molecular weight is 532 g/mol. The Hall–Kier alpha value is -1.26. The molecule has 2 aliphatic rings. The standard InChI is InChI=1S/C22H36N4O3.HI/c1-3-23-22(24-10-6-15-28-17-19-9-16-29-18-19)26-13-11-25(12-14-26)20-7-4-5-8-21(20)27-2;/h4-5,7-8,19H,3,6,9-18H2,1-2H3,(H,23,24);1H. The van der Waals surface area contributed by atoms with Gasteiger partial charge in [0.25, 0.3) is 0 Å². The first-order valence-electron chi connectivity index (χ1n) is 10.9. The Labute approximate surface area is 198 Å². The molecule has 0 aliphatic carbocycles. The largest absolute Gasteiger partial charge is 0.495 e. The number of para-hydroxylation sites is 2. The van der Waals surface area contributed by atoms with Crippen LogP contribution in [0.1, 0.15) is 19.8 Å². The van der Waals surface area contributed by atoms with Crippen LogP contribution in [0.25, 0.3) is 0 Å². The maximum Gasteiger partial charge on any atom is 0.194 e. The fraction of sp³-hybridized carbons (Fsp3) is 0.682. The van der Waals surface area contributed by atoms with Crippen molar-refractivity contribution in [2.24, 2.45) is 10.9 Å². The van der Waals surface area contributed by atoms with E-state index in [0.717, 1.165) is 90.2 Å². The summed E-state index contributed by atoms with van der Waals surface area (Å²) in [5.41, 5.74) is 1.17. The van der Waals surface area contributed by atoms with Crippen LogP contribution in [0.4, 0.5) is 5.69 Å². The lowest BCUT2D eigenvalue weighted by molar-refractivity contribution is 0.0893. The molecule has 7 nitrogen and oxygen atoms in total. The van der Waals surface area contributed by atoms with Gasteiger partial charge in [0, 0.05) is 58.4 Å². The van der Waals surface area contributed by atoms with Gasteiger partial charge in [-0.1, -0.05) is 12.1 Å². The highest BCUT2D eigenvalue weighted by Gasteiger charge is 2.21. The van der Waals surface area contributed by atoms with E-state index in [9.17, 15) is 0 Å². The molecule has 1 N–H and O–H groups in total. The smallest absolute Gasteiger partial charge is 0.194 e. The van der Waals surface area contributed by atoms with Crippen LogP contribution in [0.15, 0.2) is 29.3 Å². The van der Waals surface area contributed by atoms with Gasteiger partial charge in [0.2, 0.25) is 0 Å². The van der Waals surface area contributed by atoms with Crippen molar-refractivity contribution in [2.75, 3.05) is 77.7 Å². The van der Waals surface area contributed by atoms with Crippen LogP contribution in [0.3, 0.4) is 0 Å². The first-order valence-corrected chi connectivity index (χ1v) is 10.9. The summed E-state index contributed by atoms with van der Waals surface area (Å²) < 4.78 is 16.7. The fourth-order valence-electron chi connectivity index (χ4n) is 3.79. The van der Waals surface area contributed by atoms with Gasteiger partial charge < -0.3 is 29.3 Å². The molecular formula is C22H37IN4O3. The number of nitrogens with zero attached hydrogens (tertiary/aromatic N) is 3. The van der Waals surface area contributed by atoms with Crippen molar-refractivity contribution in [2.45, 2.75) is 19.8 Å². The van der Waals surface area contributed by atoms with Crippen molar-refractivity contribution in [3.8, 4) is 5.75 Å². The zero-order valence-corrected chi connectivity index (χ0v) is 20.7. The molecule has 1 aromatic rings. The van der Waals surface area contributed by atoms with Gasteiger partial charge in [-0.15, -0.1) is 24.0 Å². The Balaban J connectivity index is 0.00000320. The number of halogens is 1. The Morgan fingerprint density at radius 1 is 1.23 bits per heavy atom. The quantitative estimate of drug-likeness (QED) is 0.229. The third-order valence-electron chi connectivity index (χ3n) is 5.43. The number of rotatable bonds is 9. The summed E-state index contributed by atoms with van der Waals surface area (Å²) in [6, 6.07) is 8.23. The van der Waals surface area contributed by atoms with Gasteiger partial charge in [-0.2, -0.15) is 0 Å². The fourth-order valence-corrected chi connectivity index (χ4v) is 3.79. The van der Waals surface area contributed by atoms with Crippen LogP contribution >= 0.6 is 24.0 Å². The lowest BCUT2D eigenvalue weighted by Gasteiger charge is -2.38. The van der Waals surface area contributed by atoms with Gasteiger partial charge in [0.05, 0.1) is 26.0 Å². The maximum atomic E-state index is 5.79. The van der Waals surface area contributed by atoms with Crippen LogP contribution < -0.4 is 15.0 Å². The van der Waals surface area contributed by atoms with E-state index in [1.54, 1.807) is 7.11 Å². The zero-order chi connectivity index (χ0) is 20.3. The van der Waals surface area contributed by atoms with E-state index in [4.69, 9.17) is 19.2 Å². The van der Waals surface area contributed by atoms with Crippen molar-refractivity contribution < 1.29 is 14.2 Å². The van der Waals surface area contributed by atoms with E-state index in [1.165, 1.54) is 5.69 Å². The topological polar surface area (TPSA) is 58.6 Å². The number of hydrogen-bond donors (Lipinski definition) is 1. The van der Waals surface area contributed by atoms with Gasteiger partial charge in [-0.25, -0.2) is 0 Å². The molecule has 0 amide bonds. The number of aliphatic imine (C=N–C) groups is 1. The van der Waals surface area contributed by atoms with Crippen molar-refractivity contribution in [1.29, 1.82) is 0 Å². The molecule has 0 radical (unpaired) electrons. The highest BCUT2D eigenvalue weighted by atomic mass is 127. The third-order valence-corrected chi connectivity index (χ3v) is 5.43. The number of benzene rings is 1. The molecule has 0 spiro atoms. The van der Waals surface area contributed by atoms with E-state index >= 15 is 0 Å². The number of methoxy groups -OCH3 is 1. The number of piperazine rings is 1. The van der Waals surface area contributed by atoms with Gasteiger partial charge >= 0.3 is 0 Å². The normalized spacial score (nSPS) is 19.5. The van der Waals surface area contributed by atoms with Crippen LogP contribution in [-0.4, -0.2) is 83.7 Å². The molecular weight excluding hydrogens is 495 g/mol. The van der Waals surface area contributed by atoms with Crippen molar-refractivity contribution in [3.05, 3.63) is 24.3 Å². The number of anilines is 1. The second-order valence-corrected chi connectivity index (χ2v) is 7.54.